The van der Waals surface area contributed by atoms with Gasteiger partial charge in [-0.25, -0.2) is 0 Å². The number of ether oxygens (including phenoxy) is 2. The summed E-state index contributed by atoms with van der Waals surface area (Å²) in [5.74, 6) is 0.800. The molecule has 2 aromatic carbocycles. The lowest BCUT2D eigenvalue weighted by atomic mass is 10.1. The van der Waals surface area contributed by atoms with E-state index in [1.807, 2.05) is 19.1 Å². The van der Waals surface area contributed by atoms with Crippen molar-refractivity contribution in [1.82, 2.24) is 10.2 Å². The molecule has 0 aromatic heterocycles. The zero-order valence-electron chi connectivity index (χ0n) is 24.1. The molecule has 0 spiro atoms. The van der Waals surface area contributed by atoms with Crippen LogP contribution in [-0.4, -0.2) is 49.7 Å². The molecule has 2 N–H and O–H groups in total. The van der Waals surface area contributed by atoms with Gasteiger partial charge in [-0.05, 0) is 68.7 Å². The summed E-state index contributed by atoms with van der Waals surface area (Å²) in [5.41, 5.74) is 1.43. The largest absolute Gasteiger partial charge is 0.495 e. The topological polar surface area (TPSA) is 79.9 Å². The summed E-state index contributed by atoms with van der Waals surface area (Å²) in [5, 5.41) is 5.98. The van der Waals surface area contributed by atoms with Gasteiger partial charge in [0.05, 0.1) is 25.6 Å². The van der Waals surface area contributed by atoms with Crippen molar-refractivity contribution in [3.05, 3.63) is 53.6 Å². The third kappa shape index (κ3) is 10.2. The Balaban J connectivity index is 1.49. The normalized spacial score (nSPS) is 14.4. The van der Waals surface area contributed by atoms with Gasteiger partial charge in [-0.3, -0.25) is 14.5 Å². The van der Waals surface area contributed by atoms with Crippen LogP contribution in [0, 0.1) is 0 Å². The molecule has 1 unspecified atom stereocenters. The van der Waals surface area contributed by atoms with E-state index in [-0.39, 0.29) is 18.0 Å². The number of piperidine rings is 1. The third-order valence-corrected chi connectivity index (χ3v) is 7.37. The lowest BCUT2D eigenvalue weighted by Crippen LogP contribution is -2.48. The van der Waals surface area contributed by atoms with Gasteiger partial charge in [0.15, 0.2) is 0 Å². The van der Waals surface area contributed by atoms with Crippen LogP contribution in [0.2, 0.25) is 0 Å². The average molecular weight is 538 g/mol. The predicted molar refractivity (Wildman–Crippen MR) is 158 cm³/mol. The molecule has 0 aliphatic carbocycles. The maximum atomic E-state index is 13.0. The molecule has 0 bridgehead atoms. The van der Waals surface area contributed by atoms with Crippen LogP contribution >= 0.6 is 0 Å². The zero-order chi connectivity index (χ0) is 27.9. The number of nitrogens with zero attached hydrogens (tertiary/aromatic N) is 1. The second kappa shape index (κ2) is 16.8. The Hall–Kier alpha value is -3.06. The molecular weight excluding hydrogens is 490 g/mol. The smallest absolute Gasteiger partial charge is 0.255 e. The monoisotopic (exact) mass is 537 g/mol. The van der Waals surface area contributed by atoms with E-state index in [2.05, 4.69) is 22.5 Å². The Bertz CT molecular complexity index is 1020. The zero-order valence-corrected chi connectivity index (χ0v) is 24.1. The number of likely N-dealkylation sites (tertiary alicyclic amines) is 1. The minimum absolute atomic E-state index is 0.0470. The van der Waals surface area contributed by atoms with Gasteiger partial charge in [-0.2, -0.15) is 0 Å². The lowest BCUT2D eigenvalue weighted by molar-refractivity contribution is 0.0839. The molecule has 1 aliphatic heterocycles. The molecule has 7 nitrogen and oxygen atoms in total. The highest BCUT2D eigenvalue weighted by molar-refractivity contribution is 6.06. The van der Waals surface area contributed by atoms with Gasteiger partial charge in [0.25, 0.3) is 11.8 Å². The van der Waals surface area contributed by atoms with Crippen molar-refractivity contribution in [3.63, 3.8) is 0 Å². The highest BCUT2D eigenvalue weighted by Gasteiger charge is 2.20. The van der Waals surface area contributed by atoms with E-state index in [4.69, 9.17) is 9.47 Å². The molecule has 0 saturated carbocycles. The van der Waals surface area contributed by atoms with E-state index >= 15 is 0 Å². The summed E-state index contributed by atoms with van der Waals surface area (Å²) in [6.45, 7) is 6.93. The molecule has 1 aliphatic rings. The average Bonchev–Trinajstić information content (AvgIpc) is 2.97. The Morgan fingerprint density at radius 3 is 2.15 bits per heavy atom. The Morgan fingerprint density at radius 1 is 0.846 bits per heavy atom. The van der Waals surface area contributed by atoms with Crippen molar-refractivity contribution in [2.24, 2.45) is 0 Å². The second-order valence-electron chi connectivity index (χ2n) is 10.5. The fourth-order valence-electron chi connectivity index (χ4n) is 4.94. The van der Waals surface area contributed by atoms with Crippen LogP contribution in [0.4, 0.5) is 5.69 Å². The number of methoxy groups -OCH3 is 1. The maximum Gasteiger partial charge on any atom is 0.255 e. The molecule has 3 rings (SSSR count). The van der Waals surface area contributed by atoms with Gasteiger partial charge in [-0.15, -0.1) is 0 Å². The predicted octanol–water partition coefficient (Wildman–Crippen LogP) is 7.03. The first kappa shape index (κ1) is 30.5. The first-order chi connectivity index (χ1) is 19.0. The summed E-state index contributed by atoms with van der Waals surface area (Å²) in [6.07, 6.45) is 13.6. The number of nitrogens with one attached hydrogen (secondary N) is 2. The van der Waals surface area contributed by atoms with E-state index in [0.717, 1.165) is 38.1 Å². The molecule has 1 heterocycles. The molecule has 214 valence electrons. The van der Waals surface area contributed by atoms with Crippen LogP contribution in [0.15, 0.2) is 42.5 Å². The highest BCUT2D eigenvalue weighted by atomic mass is 16.5. The minimum Gasteiger partial charge on any atom is -0.495 e. The summed E-state index contributed by atoms with van der Waals surface area (Å²) < 4.78 is 11.3. The van der Waals surface area contributed by atoms with Gasteiger partial charge in [0.1, 0.15) is 11.5 Å². The molecule has 39 heavy (non-hydrogen) atoms. The highest BCUT2D eigenvalue weighted by Crippen LogP contribution is 2.27. The van der Waals surface area contributed by atoms with E-state index in [1.54, 1.807) is 37.4 Å². The van der Waals surface area contributed by atoms with Crippen LogP contribution < -0.4 is 20.1 Å². The van der Waals surface area contributed by atoms with Crippen molar-refractivity contribution in [1.29, 1.82) is 0 Å². The van der Waals surface area contributed by atoms with Gasteiger partial charge in [0, 0.05) is 24.2 Å². The van der Waals surface area contributed by atoms with Crippen LogP contribution in [0.1, 0.15) is 105 Å². The quantitative estimate of drug-likeness (QED) is 0.225. The number of benzene rings is 2. The molecule has 7 heteroatoms. The number of unbranched alkanes of at least 4 members (excludes halogenated alkanes) is 7. The van der Waals surface area contributed by atoms with Gasteiger partial charge >= 0.3 is 0 Å². The van der Waals surface area contributed by atoms with Gasteiger partial charge in [0.2, 0.25) is 0 Å². The first-order valence-corrected chi connectivity index (χ1v) is 14.8. The summed E-state index contributed by atoms with van der Waals surface area (Å²) >= 11 is 0. The summed E-state index contributed by atoms with van der Waals surface area (Å²) in [7, 11) is 1.54. The number of carbonyl (C=O) groups excluding carboxylic acids is 2. The van der Waals surface area contributed by atoms with E-state index in [1.165, 1.54) is 51.4 Å². The van der Waals surface area contributed by atoms with Crippen LogP contribution in [0.3, 0.4) is 0 Å². The SMILES string of the molecule is CCCCCCCCCCOc1ccc(C(=O)Nc2cc(C(=O)NC(C)N3CCCCC3)ccc2OC)cc1. The second-order valence-corrected chi connectivity index (χ2v) is 10.5. The Kier molecular flexibility index (Phi) is 13.1. The first-order valence-electron chi connectivity index (χ1n) is 14.8. The van der Waals surface area contributed by atoms with Crippen LogP contribution in [-0.2, 0) is 0 Å². The van der Waals surface area contributed by atoms with Gasteiger partial charge in [-0.1, -0.05) is 58.3 Å². The van der Waals surface area contributed by atoms with E-state index in [0.29, 0.717) is 29.2 Å². The standard InChI is InChI=1S/C32H47N3O4/c1-4-5-6-7-8-9-10-14-23-39-28-18-15-26(16-19-28)31(36)34-29-24-27(17-20-30(29)38-3)32(37)33-25(2)35-21-12-11-13-22-35/h15-20,24-25H,4-14,21-23H2,1-3H3,(H,33,37)(H,34,36). The summed E-state index contributed by atoms with van der Waals surface area (Å²) in [4.78, 5) is 28.2. The maximum absolute atomic E-state index is 13.0. The van der Waals surface area contributed by atoms with E-state index < -0.39 is 0 Å². The third-order valence-electron chi connectivity index (χ3n) is 7.37. The number of hydrogen-bond acceptors (Lipinski definition) is 5. The van der Waals surface area contributed by atoms with Crippen molar-refractivity contribution in [3.8, 4) is 11.5 Å². The molecule has 0 radical (unpaired) electrons. The molecular formula is C32H47N3O4. The van der Waals surface area contributed by atoms with Crippen molar-refractivity contribution in [2.45, 2.75) is 90.6 Å². The van der Waals surface area contributed by atoms with Crippen molar-refractivity contribution in [2.75, 3.05) is 32.1 Å². The van der Waals surface area contributed by atoms with Crippen LogP contribution in [0.25, 0.3) is 0 Å². The molecule has 1 fully saturated rings. The number of carbonyl (C=O) groups is 2. The Labute approximate surface area is 234 Å². The lowest BCUT2D eigenvalue weighted by Gasteiger charge is -2.32. The van der Waals surface area contributed by atoms with Gasteiger partial charge < -0.3 is 20.1 Å². The number of hydrogen-bond donors (Lipinski definition) is 2. The molecule has 1 saturated heterocycles. The molecule has 2 aromatic rings. The van der Waals surface area contributed by atoms with E-state index in [9.17, 15) is 9.59 Å². The molecule has 2 amide bonds. The summed E-state index contributed by atoms with van der Waals surface area (Å²) in [6, 6.07) is 12.2. The fourth-order valence-corrected chi connectivity index (χ4v) is 4.94. The minimum atomic E-state index is -0.276. The number of rotatable bonds is 16. The number of anilines is 1. The fraction of sp³-hybridized carbons (Fsp3) is 0.562. The van der Waals surface area contributed by atoms with Crippen molar-refractivity contribution < 1.29 is 19.1 Å². The van der Waals surface area contributed by atoms with Crippen LogP contribution in [0.5, 0.6) is 11.5 Å². The Morgan fingerprint density at radius 2 is 1.49 bits per heavy atom. The molecule has 1 atom stereocenters. The van der Waals surface area contributed by atoms with Crippen molar-refractivity contribution >= 4 is 17.5 Å². The number of amides is 2.